The van der Waals surface area contributed by atoms with Crippen LogP contribution in [0.15, 0.2) is 36.4 Å². The Kier molecular flexibility index (Phi) is 3.10. The lowest BCUT2D eigenvalue weighted by molar-refractivity contribution is 0.112. The van der Waals surface area contributed by atoms with Crippen LogP contribution in [0.25, 0.3) is 10.8 Å². The Bertz CT molecular complexity index is 779. The first-order chi connectivity index (χ1) is 11.0. The van der Waals surface area contributed by atoms with Gasteiger partial charge < -0.3 is 5.32 Å². The van der Waals surface area contributed by atoms with Crippen molar-refractivity contribution < 1.29 is 4.79 Å². The summed E-state index contributed by atoms with van der Waals surface area (Å²) in [6.07, 6.45) is 4.85. The molecule has 2 aliphatic carbocycles. The van der Waals surface area contributed by atoms with E-state index in [1.54, 1.807) is 0 Å². The molecule has 23 heavy (non-hydrogen) atoms. The highest BCUT2D eigenvalue weighted by Gasteiger charge is 2.61. The smallest absolute Gasteiger partial charge is 0.152 e. The number of rotatable bonds is 3. The van der Waals surface area contributed by atoms with E-state index in [0.717, 1.165) is 34.2 Å². The molecular weight excluding hydrogens is 282 g/mol. The van der Waals surface area contributed by atoms with Crippen LogP contribution in [0, 0.1) is 16.7 Å². The molecule has 0 amide bonds. The minimum atomic E-state index is 0.309. The average molecular weight is 307 g/mol. The van der Waals surface area contributed by atoms with E-state index in [9.17, 15) is 4.79 Å². The summed E-state index contributed by atoms with van der Waals surface area (Å²) in [5, 5.41) is 5.92. The first-order valence-corrected chi connectivity index (χ1v) is 8.71. The normalized spacial score (nSPS) is 31.4. The van der Waals surface area contributed by atoms with E-state index in [1.807, 2.05) is 18.2 Å². The van der Waals surface area contributed by atoms with Gasteiger partial charge in [-0.15, -0.1) is 0 Å². The third-order valence-electron chi connectivity index (χ3n) is 7.21. The van der Waals surface area contributed by atoms with Crippen molar-refractivity contribution in [3.8, 4) is 0 Å². The third kappa shape index (κ3) is 1.90. The molecule has 2 aromatic carbocycles. The van der Waals surface area contributed by atoms with Gasteiger partial charge in [-0.1, -0.05) is 51.1 Å². The molecule has 0 radical (unpaired) electrons. The lowest BCUT2D eigenvalue weighted by atomic mass is 9.69. The number of fused-ring (bicyclic) bond motifs is 3. The summed E-state index contributed by atoms with van der Waals surface area (Å²) in [5.41, 5.74) is 2.48. The molecular formula is C21H25NO. The summed E-state index contributed by atoms with van der Waals surface area (Å²) in [4.78, 5) is 11.7. The number of aldehydes is 1. The van der Waals surface area contributed by atoms with Gasteiger partial charge in [-0.3, -0.25) is 4.79 Å². The molecule has 3 atom stereocenters. The van der Waals surface area contributed by atoms with E-state index < -0.39 is 0 Å². The van der Waals surface area contributed by atoms with Gasteiger partial charge in [0, 0.05) is 17.3 Å². The Balaban J connectivity index is 1.73. The van der Waals surface area contributed by atoms with Crippen molar-refractivity contribution in [3.63, 3.8) is 0 Å². The van der Waals surface area contributed by atoms with E-state index in [0.29, 0.717) is 16.9 Å². The van der Waals surface area contributed by atoms with Gasteiger partial charge >= 0.3 is 0 Å². The van der Waals surface area contributed by atoms with Crippen LogP contribution < -0.4 is 5.32 Å². The Morgan fingerprint density at radius 2 is 1.91 bits per heavy atom. The van der Waals surface area contributed by atoms with Crippen LogP contribution in [0.3, 0.4) is 0 Å². The topological polar surface area (TPSA) is 29.1 Å². The van der Waals surface area contributed by atoms with Gasteiger partial charge in [0.05, 0.1) is 0 Å². The lowest BCUT2D eigenvalue weighted by Gasteiger charge is -2.40. The average Bonchev–Trinajstić information content (AvgIpc) is 2.88. The molecule has 2 saturated carbocycles. The van der Waals surface area contributed by atoms with Crippen LogP contribution in [0.5, 0.6) is 0 Å². The van der Waals surface area contributed by atoms with Crippen molar-refractivity contribution in [3.05, 3.63) is 42.0 Å². The highest BCUT2D eigenvalue weighted by molar-refractivity contribution is 6.03. The molecule has 0 aliphatic heterocycles. The SMILES string of the molecule is CC1(C)C2CCC1(C)C(Nc1ccc3ccccc3c1C=O)C2. The molecule has 0 spiro atoms. The number of carbonyl (C=O) groups is 1. The Labute approximate surface area is 138 Å². The number of benzene rings is 2. The maximum Gasteiger partial charge on any atom is 0.152 e. The highest BCUT2D eigenvalue weighted by atomic mass is 16.1. The number of nitrogens with one attached hydrogen (secondary N) is 1. The standard InChI is InChI=1S/C21H25NO/c1-20(2)15-10-11-21(20,3)19(12-15)22-18-9-8-14-6-4-5-7-16(14)17(18)13-23/h4-9,13,15,19,22H,10-12H2,1-3H3. The number of anilines is 1. The number of hydrogen-bond donors (Lipinski definition) is 1. The number of carbonyl (C=O) groups excluding carboxylic acids is 1. The molecule has 3 unspecified atom stereocenters. The molecule has 2 fully saturated rings. The van der Waals surface area contributed by atoms with Crippen LogP contribution in [-0.2, 0) is 0 Å². The summed E-state index contributed by atoms with van der Waals surface area (Å²) < 4.78 is 0. The van der Waals surface area contributed by atoms with Crippen LogP contribution in [0.4, 0.5) is 5.69 Å². The molecule has 0 aromatic heterocycles. The maximum atomic E-state index is 11.7. The van der Waals surface area contributed by atoms with Gasteiger partial charge in [-0.05, 0) is 52.8 Å². The molecule has 2 bridgehead atoms. The van der Waals surface area contributed by atoms with E-state index in [-0.39, 0.29) is 0 Å². The summed E-state index contributed by atoms with van der Waals surface area (Å²) in [5.74, 6) is 0.796. The van der Waals surface area contributed by atoms with Crippen LogP contribution in [-0.4, -0.2) is 12.3 Å². The Hall–Kier alpha value is -1.83. The highest BCUT2D eigenvalue weighted by Crippen LogP contribution is 2.65. The van der Waals surface area contributed by atoms with E-state index >= 15 is 0 Å². The zero-order valence-corrected chi connectivity index (χ0v) is 14.2. The van der Waals surface area contributed by atoms with Crippen molar-refractivity contribution in [2.24, 2.45) is 16.7 Å². The third-order valence-corrected chi connectivity index (χ3v) is 7.21. The first-order valence-electron chi connectivity index (χ1n) is 8.71. The van der Waals surface area contributed by atoms with Crippen molar-refractivity contribution in [1.29, 1.82) is 0 Å². The van der Waals surface area contributed by atoms with Gasteiger partial charge in [0.2, 0.25) is 0 Å². The molecule has 2 heteroatoms. The molecule has 120 valence electrons. The van der Waals surface area contributed by atoms with Crippen molar-refractivity contribution >= 4 is 22.7 Å². The maximum absolute atomic E-state index is 11.7. The fourth-order valence-electron chi connectivity index (χ4n) is 5.16. The van der Waals surface area contributed by atoms with Crippen LogP contribution >= 0.6 is 0 Å². The fourth-order valence-corrected chi connectivity index (χ4v) is 5.16. The monoisotopic (exact) mass is 307 g/mol. The lowest BCUT2D eigenvalue weighted by Crippen LogP contribution is -2.40. The van der Waals surface area contributed by atoms with Crippen molar-refractivity contribution in [2.45, 2.75) is 46.1 Å². The van der Waals surface area contributed by atoms with E-state index in [1.165, 1.54) is 19.3 Å². The van der Waals surface area contributed by atoms with Gasteiger partial charge in [-0.25, -0.2) is 0 Å². The predicted octanol–water partition coefficient (Wildman–Crippen LogP) is 5.28. The minimum Gasteiger partial charge on any atom is -0.381 e. The quantitative estimate of drug-likeness (QED) is 0.782. The molecule has 4 rings (SSSR count). The Morgan fingerprint density at radius 1 is 1.13 bits per heavy atom. The van der Waals surface area contributed by atoms with E-state index in [2.05, 4.69) is 44.3 Å². The van der Waals surface area contributed by atoms with Gasteiger partial charge in [0.1, 0.15) is 0 Å². The summed E-state index contributed by atoms with van der Waals surface area (Å²) >= 11 is 0. The first kappa shape index (κ1) is 14.7. The van der Waals surface area contributed by atoms with E-state index in [4.69, 9.17) is 0 Å². The molecule has 2 aliphatic rings. The Morgan fingerprint density at radius 3 is 2.57 bits per heavy atom. The zero-order chi connectivity index (χ0) is 16.2. The second kappa shape index (κ2) is 4.83. The van der Waals surface area contributed by atoms with Crippen LogP contribution in [0.2, 0.25) is 0 Å². The molecule has 1 N–H and O–H groups in total. The number of hydrogen-bond acceptors (Lipinski definition) is 2. The second-order valence-corrected chi connectivity index (χ2v) is 8.17. The largest absolute Gasteiger partial charge is 0.381 e. The summed E-state index contributed by atoms with van der Waals surface area (Å²) in [6.45, 7) is 7.28. The second-order valence-electron chi connectivity index (χ2n) is 8.17. The van der Waals surface area contributed by atoms with Crippen LogP contribution in [0.1, 0.15) is 50.4 Å². The van der Waals surface area contributed by atoms with Gasteiger partial charge in [0.25, 0.3) is 0 Å². The minimum absolute atomic E-state index is 0.309. The molecule has 2 aromatic rings. The summed E-state index contributed by atoms with van der Waals surface area (Å²) in [7, 11) is 0. The molecule has 2 nitrogen and oxygen atoms in total. The zero-order valence-electron chi connectivity index (χ0n) is 14.2. The van der Waals surface area contributed by atoms with Crippen molar-refractivity contribution in [2.75, 3.05) is 5.32 Å². The van der Waals surface area contributed by atoms with Crippen molar-refractivity contribution in [1.82, 2.24) is 0 Å². The van der Waals surface area contributed by atoms with Gasteiger partial charge in [0.15, 0.2) is 6.29 Å². The van der Waals surface area contributed by atoms with Gasteiger partial charge in [-0.2, -0.15) is 0 Å². The molecule has 0 heterocycles. The molecule has 0 saturated heterocycles. The predicted molar refractivity (Wildman–Crippen MR) is 96.0 cm³/mol. The summed E-state index contributed by atoms with van der Waals surface area (Å²) in [6, 6.07) is 12.8. The fraction of sp³-hybridized carbons (Fsp3) is 0.476.